The van der Waals surface area contributed by atoms with Crippen LogP contribution >= 0.6 is 12.4 Å². The van der Waals surface area contributed by atoms with Crippen molar-refractivity contribution >= 4 is 41.6 Å². The van der Waals surface area contributed by atoms with E-state index in [1.807, 2.05) is 60.4 Å². The summed E-state index contributed by atoms with van der Waals surface area (Å²) in [6.07, 6.45) is 1.26. The van der Waals surface area contributed by atoms with Gasteiger partial charge in [-0.1, -0.05) is 42.5 Å². The molecule has 8 heteroatoms. The Labute approximate surface area is 221 Å². The van der Waals surface area contributed by atoms with Crippen LogP contribution in [-0.2, 0) is 16.1 Å². The number of cyclic esters (lactones) is 1. The SMILES string of the molecule is Cc1cccc2c1N(C1CCN(CC(=O)Nc3ccc4c(c3)-c3ccccc3C4=O)CC1)C(=O)OC2.Cl. The number of carbonyl (C=O) groups is 3. The average molecular weight is 518 g/mol. The van der Waals surface area contributed by atoms with Crippen LogP contribution in [0.4, 0.5) is 16.2 Å². The van der Waals surface area contributed by atoms with E-state index in [0.717, 1.165) is 53.9 Å². The molecule has 190 valence electrons. The first-order valence-electron chi connectivity index (χ1n) is 12.3. The van der Waals surface area contributed by atoms with Crippen LogP contribution in [0, 0.1) is 6.92 Å². The maximum absolute atomic E-state index is 12.8. The molecular weight excluding hydrogens is 490 g/mol. The number of hydrogen-bond acceptors (Lipinski definition) is 5. The van der Waals surface area contributed by atoms with Gasteiger partial charge in [0.15, 0.2) is 5.78 Å². The van der Waals surface area contributed by atoms with Gasteiger partial charge >= 0.3 is 6.09 Å². The molecule has 0 spiro atoms. The quantitative estimate of drug-likeness (QED) is 0.403. The maximum atomic E-state index is 12.8. The lowest BCUT2D eigenvalue weighted by molar-refractivity contribution is -0.117. The molecule has 1 N–H and O–H groups in total. The highest BCUT2D eigenvalue weighted by Crippen LogP contribution is 2.38. The van der Waals surface area contributed by atoms with Crippen molar-refractivity contribution in [3.63, 3.8) is 0 Å². The van der Waals surface area contributed by atoms with Crippen LogP contribution in [0.15, 0.2) is 60.7 Å². The first kappa shape index (κ1) is 25.0. The van der Waals surface area contributed by atoms with Crippen LogP contribution in [0.5, 0.6) is 0 Å². The Balaban J connectivity index is 0.00000280. The molecule has 3 aromatic carbocycles. The molecule has 1 saturated heterocycles. The molecule has 0 bridgehead atoms. The normalized spacial score (nSPS) is 16.8. The Hall–Kier alpha value is -3.68. The molecule has 0 atom stereocenters. The Morgan fingerprint density at radius 2 is 1.68 bits per heavy atom. The molecular formula is C29H28ClN3O4. The van der Waals surface area contributed by atoms with Gasteiger partial charge in [-0.25, -0.2) is 4.79 Å². The van der Waals surface area contributed by atoms with Gasteiger partial charge in [0, 0.05) is 41.5 Å². The number of nitrogens with zero attached hydrogens (tertiary/aromatic N) is 2. The number of hydrogen-bond donors (Lipinski definition) is 1. The standard InChI is InChI=1S/C29H27N3O4.ClH/c1-18-5-4-6-19-17-36-29(35)32(27(18)19)21-11-13-31(14-12-21)16-26(33)30-20-9-10-24-25(15-20)22-7-2-3-8-23(22)28(24)34;/h2-10,15,21H,11-14,16-17H2,1H3,(H,30,33);1H. The lowest BCUT2D eigenvalue weighted by Crippen LogP contribution is -2.50. The fourth-order valence-corrected chi connectivity index (χ4v) is 5.66. The number of halogens is 1. The number of fused-ring (bicyclic) bond motifs is 4. The zero-order chi connectivity index (χ0) is 24.8. The third-order valence-electron chi connectivity index (χ3n) is 7.41. The van der Waals surface area contributed by atoms with E-state index in [2.05, 4.69) is 10.2 Å². The first-order valence-corrected chi connectivity index (χ1v) is 12.3. The van der Waals surface area contributed by atoms with Crippen molar-refractivity contribution in [3.8, 4) is 11.1 Å². The summed E-state index contributed by atoms with van der Waals surface area (Å²) in [7, 11) is 0. The second-order valence-corrected chi connectivity index (χ2v) is 9.70. The Kier molecular flexibility index (Phi) is 6.75. The Morgan fingerprint density at radius 1 is 0.946 bits per heavy atom. The summed E-state index contributed by atoms with van der Waals surface area (Å²) in [6.45, 7) is 4.05. The molecule has 6 rings (SSSR count). The number of anilines is 2. The number of likely N-dealkylation sites (tertiary alicyclic amines) is 1. The second-order valence-electron chi connectivity index (χ2n) is 9.70. The fraction of sp³-hybridized carbons (Fsp3) is 0.276. The molecule has 1 aliphatic carbocycles. The first-order chi connectivity index (χ1) is 17.5. The van der Waals surface area contributed by atoms with Crippen molar-refractivity contribution < 1.29 is 19.1 Å². The molecule has 1 fully saturated rings. The summed E-state index contributed by atoms with van der Waals surface area (Å²) < 4.78 is 5.43. The van der Waals surface area contributed by atoms with Gasteiger partial charge in [0.05, 0.1) is 12.2 Å². The molecule has 3 aliphatic rings. The van der Waals surface area contributed by atoms with E-state index in [0.29, 0.717) is 23.4 Å². The van der Waals surface area contributed by atoms with Crippen molar-refractivity contribution in [1.29, 1.82) is 0 Å². The van der Waals surface area contributed by atoms with Gasteiger partial charge in [-0.15, -0.1) is 12.4 Å². The van der Waals surface area contributed by atoms with Crippen molar-refractivity contribution in [2.45, 2.75) is 32.4 Å². The van der Waals surface area contributed by atoms with Crippen molar-refractivity contribution in [2.24, 2.45) is 0 Å². The number of rotatable bonds is 4. The Morgan fingerprint density at radius 3 is 2.46 bits per heavy atom. The minimum atomic E-state index is -0.287. The van der Waals surface area contributed by atoms with Crippen LogP contribution in [0.1, 0.15) is 39.9 Å². The van der Waals surface area contributed by atoms with Gasteiger partial charge in [0.1, 0.15) is 6.61 Å². The van der Waals surface area contributed by atoms with Crippen LogP contribution in [0.2, 0.25) is 0 Å². The third-order valence-corrected chi connectivity index (χ3v) is 7.41. The highest BCUT2D eigenvalue weighted by atomic mass is 35.5. The van der Waals surface area contributed by atoms with E-state index in [1.165, 1.54) is 0 Å². The lowest BCUT2D eigenvalue weighted by atomic mass is 9.99. The minimum absolute atomic E-state index is 0. The second kappa shape index (κ2) is 10.00. The molecule has 3 aromatic rings. The lowest BCUT2D eigenvalue weighted by Gasteiger charge is -2.40. The largest absolute Gasteiger partial charge is 0.444 e. The molecule has 7 nitrogen and oxygen atoms in total. The predicted octanol–water partition coefficient (Wildman–Crippen LogP) is 5.19. The Bertz CT molecular complexity index is 1400. The van der Waals surface area contributed by atoms with Gasteiger partial charge in [-0.3, -0.25) is 19.4 Å². The molecule has 37 heavy (non-hydrogen) atoms. The number of nitrogens with one attached hydrogen (secondary N) is 1. The summed E-state index contributed by atoms with van der Waals surface area (Å²) >= 11 is 0. The minimum Gasteiger partial charge on any atom is -0.444 e. The number of aryl methyl sites for hydroxylation is 1. The number of ether oxygens (including phenoxy) is 1. The van der Waals surface area contributed by atoms with Crippen LogP contribution in [-0.4, -0.2) is 48.4 Å². The fourth-order valence-electron chi connectivity index (χ4n) is 5.66. The van der Waals surface area contributed by atoms with E-state index in [1.54, 1.807) is 12.1 Å². The smallest absolute Gasteiger partial charge is 0.414 e. The van der Waals surface area contributed by atoms with E-state index in [-0.39, 0.29) is 42.8 Å². The predicted molar refractivity (Wildman–Crippen MR) is 144 cm³/mol. The number of piperidine rings is 1. The summed E-state index contributed by atoms with van der Waals surface area (Å²) in [5, 5.41) is 2.99. The molecule has 0 aromatic heterocycles. The molecule has 2 heterocycles. The van der Waals surface area contributed by atoms with E-state index < -0.39 is 0 Å². The van der Waals surface area contributed by atoms with Crippen LogP contribution in [0.25, 0.3) is 11.1 Å². The average Bonchev–Trinajstić information content (AvgIpc) is 3.16. The number of ketones is 1. The molecule has 2 amide bonds. The van der Waals surface area contributed by atoms with E-state index in [4.69, 9.17) is 4.74 Å². The van der Waals surface area contributed by atoms with Crippen molar-refractivity contribution in [1.82, 2.24) is 4.90 Å². The maximum Gasteiger partial charge on any atom is 0.414 e. The molecule has 0 radical (unpaired) electrons. The van der Waals surface area contributed by atoms with Crippen LogP contribution < -0.4 is 10.2 Å². The summed E-state index contributed by atoms with van der Waals surface area (Å²) in [6, 6.07) is 19.1. The summed E-state index contributed by atoms with van der Waals surface area (Å²) in [5.74, 6) is -0.0682. The molecule has 0 unspecified atom stereocenters. The summed E-state index contributed by atoms with van der Waals surface area (Å²) in [5.41, 5.74) is 6.91. The zero-order valence-corrected chi connectivity index (χ0v) is 21.3. The number of benzene rings is 3. The van der Waals surface area contributed by atoms with Gasteiger partial charge in [-0.2, -0.15) is 0 Å². The van der Waals surface area contributed by atoms with Gasteiger partial charge in [0.2, 0.25) is 5.91 Å². The number of para-hydroxylation sites is 1. The monoisotopic (exact) mass is 517 g/mol. The van der Waals surface area contributed by atoms with Crippen molar-refractivity contribution in [3.05, 3.63) is 82.9 Å². The summed E-state index contributed by atoms with van der Waals surface area (Å²) in [4.78, 5) is 42.0. The molecule has 2 aliphatic heterocycles. The van der Waals surface area contributed by atoms with Gasteiger partial charge in [-0.05, 0) is 54.7 Å². The number of amides is 2. The van der Waals surface area contributed by atoms with Crippen molar-refractivity contribution in [2.75, 3.05) is 29.9 Å². The highest BCUT2D eigenvalue weighted by molar-refractivity contribution is 6.22. The third kappa shape index (κ3) is 4.49. The van der Waals surface area contributed by atoms with Gasteiger partial charge in [0.25, 0.3) is 0 Å². The van der Waals surface area contributed by atoms with Gasteiger partial charge < -0.3 is 10.1 Å². The number of carbonyl (C=O) groups excluding carboxylic acids is 3. The zero-order valence-electron chi connectivity index (χ0n) is 20.5. The van der Waals surface area contributed by atoms with Crippen LogP contribution in [0.3, 0.4) is 0 Å². The van der Waals surface area contributed by atoms with E-state index >= 15 is 0 Å². The highest BCUT2D eigenvalue weighted by Gasteiger charge is 2.35. The van der Waals surface area contributed by atoms with E-state index in [9.17, 15) is 14.4 Å². The molecule has 0 saturated carbocycles. The topological polar surface area (TPSA) is 79.0 Å².